The van der Waals surface area contributed by atoms with Crippen molar-refractivity contribution in [1.29, 1.82) is 0 Å². The van der Waals surface area contributed by atoms with Crippen LogP contribution < -0.4 is 11.0 Å². The molecule has 0 bridgehead atoms. The molecule has 0 aliphatic rings. The predicted molar refractivity (Wildman–Crippen MR) is 178 cm³/mol. The first-order valence-corrected chi connectivity index (χ1v) is 15.2. The van der Waals surface area contributed by atoms with Crippen molar-refractivity contribution in [2.24, 2.45) is 0 Å². The van der Waals surface area contributed by atoms with Crippen LogP contribution in [0.15, 0.2) is 109 Å². The Labute approximate surface area is 265 Å². The smallest absolute Gasteiger partial charge is 0.243 e. The first-order valence-electron chi connectivity index (χ1n) is 15.2. The van der Waals surface area contributed by atoms with Gasteiger partial charge < -0.3 is 0 Å². The summed E-state index contributed by atoms with van der Waals surface area (Å²) in [6.07, 6.45) is 1.10. The Morgan fingerprint density at radius 1 is 0.457 bits per heavy atom. The van der Waals surface area contributed by atoms with Crippen molar-refractivity contribution in [2.45, 2.75) is 25.7 Å². The fraction of sp³-hybridized carbons (Fsp3) is 0.158. The van der Waals surface area contributed by atoms with E-state index in [1.54, 1.807) is 12.1 Å². The van der Waals surface area contributed by atoms with E-state index in [-0.39, 0.29) is 49.4 Å². The second-order valence-corrected chi connectivity index (χ2v) is 11.1. The molecule has 8 heteroatoms. The summed E-state index contributed by atoms with van der Waals surface area (Å²) in [6.45, 7) is -0.600. The van der Waals surface area contributed by atoms with Gasteiger partial charge in [0.1, 0.15) is 13.2 Å². The molecular formula is C38H32N2O6. The highest BCUT2D eigenvalue weighted by atomic mass is 16.7. The summed E-state index contributed by atoms with van der Waals surface area (Å²) in [6, 6.07) is 35.1. The highest BCUT2D eigenvalue weighted by Gasteiger charge is 2.14. The molecule has 6 rings (SSSR count). The topological polar surface area (TPSA) is 111 Å². The molecule has 2 amide bonds. The number of amides is 2. The molecule has 0 spiro atoms. The van der Waals surface area contributed by atoms with Gasteiger partial charge in [-0.1, -0.05) is 84.9 Å². The number of hydrogen-bond donors (Lipinski definition) is 2. The number of nitrogens with one attached hydrogen (secondary N) is 2. The number of carbonyl (C=O) groups is 4. The lowest BCUT2D eigenvalue weighted by molar-refractivity contribution is -0.134. The van der Waals surface area contributed by atoms with Gasteiger partial charge in [-0.05, 0) is 80.2 Å². The lowest BCUT2D eigenvalue weighted by Crippen LogP contribution is -2.27. The third-order valence-electron chi connectivity index (χ3n) is 7.93. The van der Waals surface area contributed by atoms with Gasteiger partial charge in [0.25, 0.3) is 0 Å². The Morgan fingerprint density at radius 2 is 0.826 bits per heavy atom. The molecule has 0 saturated heterocycles. The van der Waals surface area contributed by atoms with E-state index in [2.05, 4.69) is 11.0 Å². The minimum Gasteiger partial charge on any atom is -0.291 e. The van der Waals surface area contributed by atoms with Gasteiger partial charge in [-0.2, -0.15) is 0 Å². The van der Waals surface area contributed by atoms with Crippen molar-refractivity contribution in [2.75, 3.05) is 13.2 Å². The van der Waals surface area contributed by atoms with Crippen LogP contribution in [0.2, 0.25) is 0 Å². The monoisotopic (exact) mass is 612 g/mol. The zero-order chi connectivity index (χ0) is 31.9. The van der Waals surface area contributed by atoms with Gasteiger partial charge in [-0.25, -0.2) is 11.0 Å². The third kappa shape index (κ3) is 7.10. The number of carbonyl (C=O) groups excluding carboxylic acids is 4. The van der Waals surface area contributed by atoms with Crippen LogP contribution in [0, 0.1) is 0 Å². The molecule has 6 aromatic rings. The molecule has 0 aliphatic carbocycles. The SMILES string of the molecule is O=C(CCCCC(=O)NOCC(=O)c1cccc2cc3ccccc3cc12)NOCC(=O)c1cccc2cc3ccccc3cc12. The maximum Gasteiger partial charge on any atom is 0.243 e. The van der Waals surface area contributed by atoms with Crippen molar-refractivity contribution in [3.05, 3.63) is 120 Å². The standard InChI is InChI=1S/C38H32N2O6/c41-35(31-15-7-13-29-19-25-9-1-3-11-27(25)21-33(29)31)23-45-39-37(43)17-5-6-18-38(44)40-46-24-36(42)32-16-8-14-30-20-26-10-2-4-12-28(26)22-34(30)32/h1-4,7-16,19-22H,5-6,17-18,23-24H2,(H,39,43)(H,40,44). The molecule has 2 N–H and O–H groups in total. The van der Waals surface area contributed by atoms with Crippen LogP contribution in [0.3, 0.4) is 0 Å². The first-order chi connectivity index (χ1) is 22.5. The number of benzene rings is 6. The van der Waals surface area contributed by atoms with E-state index in [4.69, 9.17) is 9.68 Å². The number of fused-ring (bicyclic) bond motifs is 4. The van der Waals surface area contributed by atoms with E-state index in [0.717, 1.165) is 43.1 Å². The third-order valence-corrected chi connectivity index (χ3v) is 7.93. The Morgan fingerprint density at radius 3 is 1.24 bits per heavy atom. The molecule has 0 heterocycles. The normalized spacial score (nSPS) is 11.2. The maximum absolute atomic E-state index is 12.9. The highest BCUT2D eigenvalue weighted by Crippen LogP contribution is 2.27. The molecule has 0 saturated carbocycles. The number of unbranched alkanes of at least 4 members (excludes halogenated alkanes) is 1. The number of hydrogen-bond acceptors (Lipinski definition) is 6. The highest BCUT2D eigenvalue weighted by molar-refractivity contribution is 6.13. The van der Waals surface area contributed by atoms with E-state index in [1.807, 2.05) is 97.1 Å². The van der Waals surface area contributed by atoms with E-state index >= 15 is 0 Å². The molecule has 0 atom stereocenters. The molecule has 0 radical (unpaired) electrons. The van der Waals surface area contributed by atoms with Gasteiger partial charge in [0.15, 0.2) is 11.6 Å². The maximum atomic E-state index is 12.9. The summed E-state index contributed by atoms with van der Waals surface area (Å²) in [5.41, 5.74) is 5.67. The Balaban J connectivity index is 0.894. The van der Waals surface area contributed by atoms with Crippen LogP contribution in [0.1, 0.15) is 46.4 Å². The van der Waals surface area contributed by atoms with Gasteiger partial charge in [-0.15, -0.1) is 0 Å². The summed E-state index contributed by atoms with van der Waals surface area (Å²) >= 11 is 0. The van der Waals surface area contributed by atoms with Gasteiger partial charge in [-0.3, -0.25) is 28.9 Å². The lowest BCUT2D eigenvalue weighted by atomic mass is 9.98. The second kappa shape index (κ2) is 14.1. The van der Waals surface area contributed by atoms with E-state index < -0.39 is 0 Å². The first kappa shape index (κ1) is 30.6. The predicted octanol–water partition coefficient (Wildman–Crippen LogP) is 7.02. The van der Waals surface area contributed by atoms with Crippen molar-refractivity contribution in [3.8, 4) is 0 Å². The van der Waals surface area contributed by atoms with Crippen LogP contribution in [0.25, 0.3) is 43.1 Å². The Bertz CT molecular complexity index is 1950. The summed E-state index contributed by atoms with van der Waals surface area (Å²) in [7, 11) is 0. The van der Waals surface area contributed by atoms with Crippen LogP contribution >= 0.6 is 0 Å². The molecule has 0 unspecified atom stereocenters. The lowest BCUT2D eigenvalue weighted by Gasteiger charge is -2.09. The van der Waals surface area contributed by atoms with Crippen LogP contribution in [0.5, 0.6) is 0 Å². The minimum atomic E-state index is -0.387. The van der Waals surface area contributed by atoms with Gasteiger partial charge in [0.05, 0.1) is 0 Å². The fourth-order valence-electron chi connectivity index (χ4n) is 5.61. The molecule has 0 aromatic heterocycles. The largest absolute Gasteiger partial charge is 0.291 e. The van der Waals surface area contributed by atoms with E-state index in [1.165, 1.54) is 0 Å². The summed E-state index contributed by atoms with van der Waals surface area (Å²) in [4.78, 5) is 60.6. The van der Waals surface area contributed by atoms with Crippen molar-refractivity contribution < 1.29 is 28.9 Å². The van der Waals surface area contributed by atoms with Crippen LogP contribution in [-0.4, -0.2) is 36.6 Å². The average Bonchev–Trinajstić information content (AvgIpc) is 3.07. The number of rotatable bonds is 13. The summed E-state index contributed by atoms with van der Waals surface area (Å²) in [5, 5.41) is 7.82. The fourth-order valence-corrected chi connectivity index (χ4v) is 5.61. The number of ketones is 2. The van der Waals surface area contributed by atoms with Crippen molar-refractivity contribution in [3.63, 3.8) is 0 Å². The van der Waals surface area contributed by atoms with Gasteiger partial charge in [0, 0.05) is 24.0 Å². The zero-order valence-corrected chi connectivity index (χ0v) is 25.1. The van der Waals surface area contributed by atoms with E-state index in [9.17, 15) is 19.2 Å². The van der Waals surface area contributed by atoms with Crippen molar-refractivity contribution >= 4 is 66.5 Å². The summed E-state index contributed by atoms with van der Waals surface area (Å²) in [5.74, 6) is -1.26. The Hall–Kier alpha value is -5.44. The average molecular weight is 613 g/mol. The minimum absolute atomic E-state index is 0.122. The Kier molecular flexibility index (Phi) is 9.38. The number of hydroxylamine groups is 2. The zero-order valence-electron chi connectivity index (χ0n) is 25.1. The number of Topliss-reactive ketones (excluding diaryl/α,β-unsaturated/α-hetero) is 2. The molecule has 0 fully saturated rings. The molecule has 8 nitrogen and oxygen atoms in total. The van der Waals surface area contributed by atoms with Crippen LogP contribution in [-0.2, 0) is 19.3 Å². The molecular weight excluding hydrogens is 580 g/mol. The molecule has 46 heavy (non-hydrogen) atoms. The van der Waals surface area contributed by atoms with Gasteiger partial charge >= 0.3 is 0 Å². The van der Waals surface area contributed by atoms with E-state index in [0.29, 0.717) is 24.0 Å². The quantitative estimate of drug-likeness (QED) is 0.0628. The second-order valence-electron chi connectivity index (χ2n) is 11.1. The molecule has 0 aliphatic heterocycles. The summed E-state index contributed by atoms with van der Waals surface area (Å²) < 4.78 is 0. The van der Waals surface area contributed by atoms with Gasteiger partial charge in [0.2, 0.25) is 11.8 Å². The van der Waals surface area contributed by atoms with Crippen molar-refractivity contribution in [1.82, 2.24) is 11.0 Å². The molecule has 6 aromatic carbocycles. The van der Waals surface area contributed by atoms with Crippen LogP contribution in [0.4, 0.5) is 0 Å². The molecule has 230 valence electrons.